The van der Waals surface area contributed by atoms with Crippen LogP contribution in [-0.2, 0) is 11.2 Å². The predicted molar refractivity (Wildman–Crippen MR) is 65.9 cm³/mol. The molecule has 1 aliphatic rings. The van der Waals surface area contributed by atoms with Gasteiger partial charge in [-0.2, -0.15) is 0 Å². The standard InChI is InChI=1S/C13H18N2O2/c14-5-4-11-2-1-3-12(10-11)13(16)15-6-8-17-9-7-15/h1-3,10H,4-9,14H2. The van der Waals surface area contributed by atoms with Crippen LogP contribution in [0.15, 0.2) is 24.3 Å². The summed E-state index contributed by atoms with van der Waals surface area (Å²) in [6, 6.07) is 7.71. The van der Waals surface area contributed by atoms with Gasteiger partial charge in [-0.1, -0.05) is 12.1 Å². The Balaban J connectivity index is 2.09. The fraction of sp³-hybridized carbons (Fsp3) is 0.462. The van der Waals surface area contributed by atoms with Crippen molar-refractivity contribution >= 4 is 5.91 Å². The van der Waals surface area contributed by atoms with Crippen LogP contribution < -0.4 is 5.73 Å². The van der Waals surface area contributed by atoms with Crippen molar-refractivity contribution in [3.05, 3.63) is 35.4 Å². The second kappa shape index (κ2) is 5.80. The zero-order valence-corrected chi connectivity index (χ0v) is 9.89. The second-order valence-corrected chi connectivity index (χ2v) is 4.14. The quantitative estimate of drug-likeness (QED) is 0.836. The summed E-state index contributed by atoms with van der Waals surface area (Å²) in [6.07, 6.45) is 0.810. The van der Waals surface area contributed by atoms with E-state index in [0.29, 0.717) is 32.8 Å². The first-order valence-electron chi connectivity index (χ1n) is 5.97. The van der Waals surface area contributed by atoms with E-state index in [1.165, 1.54) is 0 Å². The summed E-state index contributed by atoms with van der Waals surface area (Å²) in [4.78, 5) is 14.0. The number of morpholine rings is 1. The Morgan fingerprint density at radius 2 is 2.12 bits per heavy atom. The summed E-state index contributed by atoms with van der Waals surface area (Å²) in [7, 11) is 0. The summed E-state index contributed by atoms with van der Waals surface area (Å²) >= 11 is 0. The third-order valence-corrected chi connectivity index (χ3v) is 2.91. The number of hydrogen-bond acceptors (Lipinski definition) is 3. The molecule has 17 heavy (non-hydrogen) atoms. The molecule has 4 heteroatoms. The van der Waals surface area contributed by atoms with E-state index in [0.717, 1.165) is 17.5 Å². The molecule has 1 aromatic rings. The molecule has 1 saturated heterocycles. The molecule has 2 N–H and O–H groups in total. The molecule has 0 unspecified atom stereocenters. The molecule has 1 fully saturated rings. The second-order valence-electron chi connectivity index (χ2n) is 4.14. The number of rotatable bonds is 3. The zero-order chi connectivity index (χ0) is 12.1. The molecule has 1 aromatic carbocycles. The van der Waals surface area contributed by atoms with Crippen molar-refractivity contribution in [3.63, 3.8) is 0 Å². The lowest BCUT2D eigenvalue weighted by Gasteiger charge is -2.27. The summed E-state index contributed by atoms with van der Waals surface area (Å²) in [5.74, 6) is 0.0900. The van der Waals surface area contributed by atoms with Crippen LogP contribution in [-0.4, -0.2) is 43.7 Å². The highest BCUT2D eigenvalue weighted by molar-refractivity contribution is 5.94. The van der Waals surface area contributed by atoms with Crippen molar-refractivity contribution in [3.8, 4) is 0 Å². The molecule has 1 amide bonds. The van der Waals surface area contributed by atoms with E-state index in [1.807, 2.05) is 29.2 Å². The van der Waals surface area contributed by atoms with E-state index >= 15 is 0 Å². The third-order valence-electron chi connectivity index (χ3n) is 2.91. The molecule has 0 aromatic heterocycles. The Bertz CT molecular complexity index is 387. The van der Waals surface area contributed by atoms with Crippen molar-refractivity contribution in [1.82, 2.24) is 4.90 Å². The number of ether oxygens (including phenoxy) is 1. The lowest BCUT2D eigenvalue weighted by atomic mass is 10.1. The molecular formula is C13H18N2O2. The maximum absolute atomic E-state index is 12.2. The third kappa shape index (κ3) is 3.05. The van der Waals surface area contributed by atoms with Gasteiger partial charge in [0.2, 0.25) is 0 Å². The number of carbonyl (C=O) groups is 1. The molecular weight excluding hydrogens is 216 g/mol. The normalized spacial score (nSPS) is 15.9. The van der Waals surface area contributed by atoms with Gasteiger partial charge in [0.05, 0.1) is 13.2 Å². The number of amides is 1. The summed E-state index contributed by atoms with van der Waals surface area (Å²) in [5, 5.41) is 0. The van der Waals surface area contributed by atoms with Crippen LogP contribution >= 0.6 is 0 Å². The molecule has 4 nitrogen and oxygen atoms in total. The van der Waals surface area contributed by atoms with E-state index in [-0.39, 0.29) is 5.91 Å². The molecule has 0 spiro atoms. The highest BCUT2D eigenvalue weighted by atomic mass is 16.5. The Morgan fingerprint density at radius 1 is 1.35 bits per heavy atom. The highest BCUT2D eigenvalue weighted by Gasteiger charge is 2.18. The lowest BCUT2D eigenvalue weighted by Crippen LogP contribution is -2.40. The molecule has 2 rings (SSSR count). The fourth-order valence-corrected chi connectivity index (χ4v) is 1.98. The van der Waals surface area contributed by atoms with Gasteiger partial charge in [-0.25, -0.2) is 0 Å². The minimum absolute atomic E-state index is 0.0900. The topological polar surface area (TPSA) is 55.6 Å². The Hall–Kier alpha value is -1.39. The van der Waals surface area contributed by atoms with Crippen LogP contribution in [0.5, 0.6) is 0 Å². The van der Waals surface area contributed by atoms with Gasteiger partial charge >= 0.3 is 0 Å². The van der Waals surface area contributed by atoms with Gasteiger partial charge in [0.15, 0.2) is 0 Å². The van der Waals surface area contributed by atoms with Gasteiger partial charge in [0.25, 0.3) is 5.91 Å². The molecule has 92 valence electrons. The number of carbonyl (C=O) groups excluding carboxylic acids is 1. The minimum Gasteiger partial charge on any atom is -0.378 e. The number of nitrogens with two attached hydrogens (primary N) is 1. The van der Waals surface area contributed by atoms with Crippen molar-refractivity contribution in [2.45, 2.75) is 6.42 Å². The first kappa shape index (κ1) is 12.1. The number of nitrogens with zero attached hydrogens (tertiary/aromatic N) is 1. The predicted octanol–water partition coefficient (Wildman–Crippen LogP) is 0.660. The van der Waals surface area contributed by atoms with Crippen LogP contribution in [0.4, 0.5) is 0 Å². The molecule has 0 saturated carbocycles. The van der Waals surface area contributed by atoms with E-state index in [4.69, 9.17) is 10.5 Å². The number of benzene rings is 1. The zero-order valence-electron chi connectivity index (χ0n) is 9.89. The molecule has 0 atom stereocenters. The maximum Gasteiger partial charge on any atom is 0.254 e. The summed E-state index contributed by atoms with van der Waals surface area (Å²) < 4.78 is 5.24. The van der Waals surface area contributed by atoms with Gasteiger partial charge in [-0.3, -0.25) is 4.79 Å². The highest BCUT2D eigenvalue weighted by Crippen LogP contribution is 2.10. The van der Waals surface area contributed by atoms with Gasteiger partial charge in [0.1, 0.15) is 0 Å². The SMILES string of the molecule is NCCc1cccc(C(=O)N2CCOCC2)c1. The van der Waals surface area contributed by atoms with Crippen LogP contribution in [0.3, 0.4) is 0 Å². The number of hydrogen-bond donors (Lipinski definition) is 1. The first-order valence-corrected chi connectivity index (χ1v) is 5.97. The summed E-state index contributed by atoms with van der Waals surface area (Å²) in [5.41, 5.74) is 7.38. The largest absolute Gasteiger partial charge is 0.378 e. The van der Waals surface area contributed by atoms with Crippen molar-refractivity contribution in [2.24, 2.45) is 5.73 Å². The van der Waals surface area contributed by atoms with Gasteiger partial charge in [-0.05, 0) is 30.7 Å². The summed E-state index contributed by atoms with van der Waals surface area (Å²) in [6.45, 7) is 3.23. The Kier molecular flexibility index (Phi) is 4.12. The van der Waals surface area contributed by atoms with Crippen molar-refractivity contribution in [1.29, 1.82) is 0 Å². The monoisotopic (exact) mass is 234 g/mol. The van der Waals surface area contributed by atoms with Crippen molar-refractivity contribution < 1.29 is 9.53 Å². The van der Waals surface area contributed by atoms with E-state index in [2.05, 4.69) is 0 Å². The first-order chi connectivity index (χ1) is 8.31. The van der Waals surface area contributed by atoms with E-state index in [1.54, 1.807) is 0 Å². The lowest BCUT2D eigenvalue weighted by molar-refractivity contribution is 0.0303. The van der Waals surface area contributed by atoms with Crippen LogP contribution in [0.2, 0.25) is 0 Å². The maximum atomic E-state index is 12.2. The molecule has 1 aliphatic heterocycles. The fourth-order valence-electron chi connectivity index (χ4n) is 1.98. The van der Waals surface area contributed by atoms with Crippen LogP contribution in [0.25, 0.3) is 0 Å². The van der Waals surface area contributed by atoms with Gasteiger partial charge in [-0.15, -0.1) is 0 Å². The smallest absolute Gasteiger partial charge is 0.254 e. The Labute approximate surface area is 101 Å². The van der Waals surface area contributed by atoms with Gasteiger partial charge < -0.3 is 15.4 Å². The van der Waals surface area contributed by atoms with E-state index < -0.39 is 0 Å². The van der Waals surface area contributed by atoms with Crippen LogP contribution in [0, 0.1) is 0 Å². The van der Waals surface area contributed by atoms with Crippen molar-refractivity contribution in [2.75, 3.05) is 32.8 Å². The molecule has 0 aliphatic carbocycles. The Morgan fingerprint density at radius 3 is 2.82 bits per heavy atom. The minimum atomic E-state index is 0.0900. The molecule has 0 radical (unpaired) electrons. The van der Waals surface area contributed by atoms with E-state index in [9.17, 15) is 4.79 Å². The van der Waals surface area contributed by atoms with Gasteiger partial charge in [0, 0.05) is 18.7 Å². The average molecular weight is 234 g/mol. The average Bonchev–Trinajstić information content (AvgIpc) is 2.40. The molecule has 1 heterocycles. The molecule has 0 bridgehead atoms. The van der Waals surface area contributed by atoms with Crippen LogP contribution in [0.1, 0.15) is 15.9 Å².